The number of hydrogen-bond acceptors (Lipinski definition) is 1. The molecule has 88 valence electrons. The molecule has 0 aliphatic carbocycles. The molecule has 17 heavy (non-hydrogen) atoms. The van der Waals surface area contributed by atoms with E-state index in [-0.39, 0.29) is 0 Å². The van der Waals surface area contributed by atoms with Crippen molar-refractivity contribution < 1.29 is 0 Å². The topological polar surface area (TPSA) is 12.0 Å². The van der Waals surface area contributed by atoms with Crippen LogP contribution in [-0.2, 0) is 13.1 Å². The molecule has 0 saturated heterocycles. The Labute approximate surface area is 115 Å². The van der Waals surface area contributed by atoms with E-state index in [2.05, 4.69) is 39.4 Å². The van der Waals surface area contributed by atoms with E-state index in [1.165, 1.54) is 11.1 Å². The molecular formula is C14H13BrClN. The molecule has 0 bridgehead atoms. The number of halogens is 2. The highest BCUT2D eigenvalue weighted by atomic mass is 79.9. The maximum absolute atomic E-state index is 5.99. The van der Waals surface area contributed by atoms with E-state index in [1.807, 2.05) is 30.3 Å². The zero-order valence-corrected chi connectivity index (χ0v) is 11.6. The summed E-state index contributed by atoms with van der Waals surface area (Å²) in [6, 6.07) is 16.3. The monoisotopic (exact) mass is 309 g/mol. The summed E-state index contributed by atoms with van der Waals surface area (Å²) < 4.78 is 1.02. The van der Waals surface area contributed by atoms with Gasteiger partial charge in [0.1, 0.15) is 0 Å². The Morgan fingerprint density at radius 2 is 1.65 bits per heavy atom. The highest BCUT2D eigenvalue weighted by Crippen LogP contribution is 2.19. The van der Waals surface area contributed by atoms with Crippen molar-refractivity contribution in [2.75, 3.05) is 0 Å². The summed E-state index contributed by atoms with van der Waals surface area (Å²) in [6.45, 7) is 1.68. The van der Waals surface area contributed by atoms with Crippen LogP contribution in [0.4, 0.5) is 0 Å². The summed E-state index contributed by atoms with van der Waals surface area (Å²) in [4.78, 5) is 0. The zero-order chi connectivity index (χ0) is 12.1. The van der Waals surface area contributed by atoms with Gasteiger partial charge in [-0.15, -0.1) is 0 Å². The van der Waals surface area contributed by atoms with Crippen LogP contribution in [0.1, 0.15) is 11.1 Å². The Hall–Kier alpha value is -0.830. The molecule has 0 fully saturated rings. The smallest absolute Gasteiger partial charge is 0.0420 e. The van der Waals surface area contributed by atoms with Gasteiger partial charge in [0.15, 0.2) is 0 Å². The summed E-state index contributed by atoms with van der Waals surface area (Å²) >= 11 is 9.43. The molecule has 0 radical (unpaired) electrons. The quantitative estimate of drug-likeness (QED) is 0.883. The molecular weight excluding hydrogens is 298 g/mol. The van der Waals surface area contributed by atoms with Crippen LogP contribution < -0.4 is 5.32 Å². The van der Waals surface area contributed by atoms with E-state index in [4.69, 9.17) is 11.6 Å². The van der Waals surface area contributed by atoms with E-state index in [0.29, 0.717) is 0 Å². The summed E-state index contributed by atoms with van der Waals surface area (Å²) in [5, 5.41) is 4.15. The maximum atomic E-state index is 5.99. The Kier molecular flexibility index (Phi) is 4.60. The zero-order valence-electron chi connectivity index (χ0n) is 9.29. The van der Waals surface area contributed by atoms with Gasteiger partial charge >= 0.3 is 0 Å². The fourth-order valence-corrected chi connectivity index (χ4v) is 2.59. The molecule has 0 amide bonds. The molecule has 0 aromatic heterocycles. The minimum absolute atomic E-state index is 0.760. The Balaban J connectivity index is 1.90. The van der Waals surface area contributed by atoms with Crippen molar-refractivity contribution in [1.82, 2.24) is 5.32 Å². The van der Waals surface area contributed by atoms with Gasteiger partial charge in [0.25, 0.3) is 0 Å². The van der Waals surface area contributed by atoms with Crippen molar-refractivity contribution in [3.05, 3.63) is 69.2 Å². The second-order valence-corrected chi connectivity index (χ2v) is 5.22. The van der Waals surface area contributed by atoms with Crippen molar-refractivity contribution in [2.24, 2.45) is 0 Å². The van der Waals surface area contributed by atoms with Crippen molar-refractivity contribution in [3.8, 4) is 0 Å². The van der Waals surface area contributed by atoms with E-state index >= 15 is 0 Å². The van der Waals surface area contributed by atoms with Gasteiger partial charge in [0, 0.05) is 22.6 Å². The van der Waals surface area contributed by atoms with Gasteiger partial charge in [-0.3, -0.25) is 0 Å². The first-order valence-corrected chi connectivity index (χ1v) is 6.61. The van der Waals surface area contributed by atoms with Crippen LogP contribution in [0.25, 0.3) is 0 Å². The van der Waals surface area contributed by atoms with Crippen molar-refractivity contribution in [2.45, 2.75) is 13.1 Å². The van der Waals surface area contributed by atoms with Crippen molar-refractivity contribution >= 4 is 27.5 Å². The summed E-state index contributed by atoms with van der Waals surface area (Å²) in [5.41, 5.74) is 2.47. The highest BCUT2D eigenvalue weighted by Gasteiger charge is 1.98. The fraction of sp³-hybridized carbons (Fsp3) is 0.143. The SMILES string of the molecule is Clc1cc(Br)cc(CNCc2ccccc2)c1. The van der Waals surface area contributed by atoms with Gasteiger partial charge in [-0.1, -0.05) is 57.9 Å². The number of hydrogen-bond donors (Lipinski definition) is 1. The van der Waals surface area contributed by atoms with Crippen LogP contribution in [0.2, 0.25) is 5.02 Å². The van der Waals surface area contributed by atoms with E-state index < -0.39 is 0 Å². The average molecular weight is 311 g/mol. The third-order valence-corrected chi connectivity index (χ3v) is 3.10. The average Bonchev–Trinajstić information content (AvgIpc) is 2.29. The molecule has 0 aliphatic heterocycles. The second kappa shape index (κ2) is 6.20. The summed E-state index contributed by atoms with van der Waals surface area (Å²) in [5.74, 6) is 0. The first-order valence-electron chi connectivity index (χ1n) is 5.43. The third kappa shape index (κ3) is 4.15. The first-order chi connectivity index (χ1) is 8.24. The molecule has 2 aromatic carbocycles. The second-order valence-electron chi connectivity index (χ2n) is 3.87. The van der Waals surface area contributed by atoms with Crippen LogP contribution in [0.5, 0.6) is 0 Å². The lowest BCUT2D eigenvalue weighted by Crippen LogP contribution is -2.12. The Morgan fingerprint density at radius 3 is 2.35 bits per heavy atom. The molecule has 1 N–H and O–H groups in total. The molecule has 2 rings (SSSR count). The lowest BCUT2D eigenvalue weighted by Gasteiger charge is -2.06. The van der Waals surface area contributed by atoms with E-state index in [9.17, 15) is 0 Å². The molecule has 0 unspecified atom stereocenters. The van der Waals surface area contributed by atoms with Crippen LogP contribution in [0.3, 0.4) is 0 Å². The van der Waals surface area contributed by atoms with Gasteiger partial charge in [0.2, 0.25) is 0 Å². The lowest BCUT2D eigenvalue weighted by atomic mass is 10.2. The normalized spacial score (nSPS) is 10.5. The molecule has 0 saturated carbocycles. The predicted molar refractivity (Wildman–Crippen MR) is 76.1 cm³/mol. The third-order valence-electron chi connectivity index (χ3n) is 2.42. The van der Waals surface area contributed by atoms with Gasteiger partial charge in [-0.25, -0.2) is 0 Å². The number of rotatable bonds is 4. The number of nitrogens with one attached hydrogen (secondary N) is 1. The lowest BCUT2D eigenvalue weighted by molar-refractivity contribution is 0.693. The van der Waals surface area contributed by atoms with Crippen LogP contribution in [-0.4, -0.2) is 0 Å². The Morgan fingerprint density at radius 1 is 0.941 bits per heavy atom. The van der Waals surface area contributed by atoms with Crippen LogP contribution >= 0.6 is 27.5 Å². The Bertz CT molecular complexity index is 465. The van der Waals surface area contributed by atoms with Gasteiger partial charge in [0.05, 0.1) is 0 Å². The molecule has 2 aromatic rings. The van der Waals surface area contributed by atoms with Gasteiger partial charge < -0.3 is 5.32 Å². The molecule has 1 nitrogen and oxygen atoms in total. The summed E-state index contributed by atoms with van der Waals surface area (Å²) in [7, 11) is 0. The first kappa shape index (κ1) is 12.6. The van der Waals surface area contributed by atoms with Crippen LogP contribution in [0.15, 0.2) is 53.0 Å². The largest absolute Gasteiger partial charge is 0.309 e. The predicted octanol–water partition coefficient (Wildman–Crippen LogP) is 4.39. The summed E-state index contributed by atoms with van der Waals surface area (Å²) in [6.07, 6.45) is 0. The van der Waals surface area contributed by atoms with Gasteiger partial charge in [-0.2, -0.15) is 0 Å². The standard InChI is InChI=1S/C14H13BrClN/c15-13-6-12(7-14(16)8-13)10-17-9-11-4-2-1-3-5-11/h1-8,17H,9-10H2. The molecule has 0 aliphatic rings. The molecule has 0 spiro atoms. The van der Waals surface area contributed by atoms with E-state index in [0.717, 1.165) is 22.6 Å². The van der Waals surface area contributed by atoms with Gasteiger partial charge in [-0.05, 0) is 29.3 Å². The molecule has 0 heterocycles. The van der Waals surface area contributed by atoms with Crippen LogP contribution in [0, 0.1) is 0 Å². The number of benzene rings is 2. The molecule has 0 atom stereocenters. The van der Waals surface area contributed by atoms with E-state index in [1.54, 1.807) is 0 Å². The minimum Gasteiger partial charge on any atom is -0.309 e. The maximum Gasteiger partial charge on any atom is 0.0420 e. The van der Waals surface area contributed by atoms with Crippen molar-refractivity contribution in [1.29, 1.82) is 0 Å². The fourth-order valence-electron chi connectivity index (χ4n) is 1.66. The van der Waals surface area contributed by atoms with Crippen molar-refractivity contribution in [3.63, 3.8) is 0 Å². The highest BCUT2D eigenvalue weighted by molar-refractivity contribution is 9.10. The minimum atomic E-state index is 0.760. The molecule has 3 heteroatoms.